The van der Waals surface area contributed by atoms with Gasteiger partial charge in [0.2, 0.25) is 5.95 Å². The van der Waals surface area contributed by atoms with E-state index in [2.05, 4.69) is 20.4 Å². The van der Waals surface area contributed by atoms with E-state index in [0.29, 0.717) is 25.6 Å². The van der Waals surface area contributed by atoms with Crippen molar-refractivity contribution in [2.24, 2.45) is 0 Å². The third-order valence-corrected chi connectivity index (χ3v) is 7.14. The monoisotopic (exact) mass is 406 g/mol. The van der Waals surface area contributed by atoms with Gasteiger partial charge in [-0.25, -0.2) is 15.1 Å². The minimum Gasteiger partial charge on any atom is -0.507 e. The molecule has 0 saturated heterocycles. The van der Waals surface area contributed by atoms with Crippen LogP contribution in [0.1, 0.15) is 47.6 Å². The highest BCUT2D eigenvalue weighted by Crippen LogP contribution is 2.57. The maximum absolute atomic E-state index is 13.7. The van der Waals surface area contributed by atoms with Crippen LogP contribution in [0.3, 0.4) is 0 Å². The van der Waals surface area contributed by atoms with E-state index in [4.69, 9.17) is 4.52 Å². The summed E-state index contributed by atoms with van der Waals surface area (Å²) < 4.78 is 19.4. The van der Waals surface area contributed by atoms with Crippen molar-refractivity contribution in [1.29, 1.82) is 0 Å². The molecule has 0 spiro atoms. The molecule has 8 heteroatoms. The molecule has 2 unspecified atom stereocenters. The summed E-state index contributed by atoms with van der Waals surface area (Å²) >= 11 is 0. The summed E-state index contributed by atoms with van der Waals surface area (Å²) in [5.74, 6) is 0.747. The molecule has 1 heterocycles. The van der Waals surface area contributed by atoms with Gasteiger partial charge in [-0.15, -0.1) is 0 Å². The topological polar surface area (TPSA) is 96.4 Å². The predicted octanol–water partition coefficient (Wildman–Crippen LogP) is 4.41. The maximum atomic E-state index is 13.7. The summed E-state index contributed by atoms with van der Waals surface area (Å²) in [4.78, 5) is 8.82. The third kappa shape index (κ3) is 5.31. The number of nitrogens with zero attached hydrogens (tertiary/aromatic N) is 2. The van der Waals surface area contributed by atoms with Crippen LogP contribution >= 0.6 is 7.52 Å². The van der Waals surface area contributed by atoms with Crippen molar-refractivity contribution >= 4 is 13.5 Å². The predicted molar refractivity (Wildman–Crippen MR) is 113 cm³/mol. The van der Waals surface area contributed by atoms with Gasteiger partial charge >= 0.3 is 0 Å². The largest absolute Gasteiger partial charge is 0.507 e. The number of phenols is 1. The molecule has 28 heavy (non-hydrogen) atoms. The first-order valence-corrected chi connectivity index (χ1v) is 11.2. The highest BCUT2D eigenvalue weighted by atomic mass is 31.2. The minimum absolute atomic E-state index is 0.253. The number of benzene rings is 1. The van der Waals surface area contributed by atoms with Gasteiger partial charge in [-0.05, 0) is 57.4 Å². The van der Waals surface area contributed by atoms with Crippen molar-refractivity contribution in [3.8, 4) is 5.75 Å². The van der Waals surface area contributed by atoms with Crippen LogP contribution in [0.4, 0.5) is 5.95 Å². The van der Waals surface area contributed by atoms with Crippen LogP contribution in [0.2, 0.25) is 0 Å². The number of anilines is 1. The van der Waals surface area contributed by atoms with E-state index in [1.807, 2.05) is 59.7 Å². The zero-order valence-electron chi connectivity index (χ0n) is 17.5. The average molecular weight is 406 g/mol. The van der Waals surface area contributed by atoms with Gasteiger partial charge in [-0.3, -0.25) is 4.57 Å². The highest BCUT2D eigenvalue weighted by molar-refractivity contribution is 7.57. The zero-order chi connectivity index (χ0) is 20.9. The van der Waals surface area contributed by atoms with Crippen molar-refractivity contribution in [3.63, 3.8) is 0 Å². The quantitative estimate of drug-likeness (QED) is 0.531. The number of rotatable bonds is 9. The number of aromatic hydroxyl groups is 1. The molecule has 0 fully saturated rings. The lowest BCUT2D eigenvalue weighted by Crippen LogP contribution is -2.23. The number of phenolic OH excluding ortho intramolecular Hbond substituents is 1. The van der Waals surface area contributed by atoms with E-state index in [1.165, 1.54) is 0 Å². The second-order valence-corrected chi connectivity index (χ2v) is 9.29. The van der Waals surface area contributed by atoms with Crippen LogP contribution < -0.4 is 10.4 Å². The molecule has 154 valence electrons. The van der Waals surface area contributed by atoms with E-state index >= 15 is 0 Å². The molecule has 1 aromatic heterocycles. The Morgan fingerprint density at radius 3 is 2.14 bits per heavy atom. The first-order chi connectivity index (χ1) is 13.2. The number of nitrogens with one attached hydrogen (secondary N) is 2. The Bertz CT molecular complexity index is 819. The van der Waals surface area contributed by atoms with Gasteiger partial charge in [0.25, 0.3) is 7.52 Å². The van der Waals surface area contributed by atoms with Crippen molar-refractivity contribution in [2.75, 3.05) is 25.0 Å². The van der Waals surface area contributed by atoms with Gasteiger partial charge in [-0.1, -0.05) is 19.1 Å². The summed E-state index contributed by atoms with van der Waals surface area (Å²) in [5, 5.41) is 16.4. The van der Waals surface area contributed by atoms with Crippen molar-refractivity contribution in [1.82, 2.24) is 15.1 Å². The van der Waals surface area contributed by atoms with E-state index in [1.54, 1.807) is 0 Å². The van der Waals surface area contributed by atoms with E-state index in [9.17, 15) is 9.67 Å². The second kappa shape index (κ2) is 9.50. The van der Waals surface area contributed by atoms with Gasteiger partial charge in [-0.2, -0.15) is 0 Å². The fourth-order valence-electron chi connectivity index (χ4n) is 3.27. The second-order valence-electron chi connectivity index (χ2n) is 6.90. The summed E-state index contributed by atoms with van der Waals surface area (Å²) in [6.45, 7) is 12.4. The number of hydrogen-bond donors (Lipinski definition) is 3. The lowest BCUT2D eigenvalue weighted by atomic mass is 10.0. The minimum atomic E-state index is -3.22. The van der Waals surface area contributed by atoms with Gasteiger partial charge in [0.05, 0.1) is 12.3 Å². The Morgan fingerprint density at radius 1 is 1.07 bits per heavy atom. The molecule has 0 aliphatic carbocycles. The molecule has 0 radical (unpaired) electrons. The van der Waals surface area contributed by atoms with Crippen LogP contribution in [0.25, 0.3) is 0 Å². The molecule has 0 bridgehead atoms. The standard InChI is InChI=1S/C20H31N4O3P/c1-7-22-28(26,27-8-2)18(17-9-13(3)19(25)14(4)10-17)12-21-20-23-15(5)11-16(6)24-20/h9-11,18,25H,7-8,12H2,1-6H3,(H,22,26)(H,21,23,24). The Hall–Kier alpha value is -1.95. The smallest absolute Gasteiger partial charge is 0.278 e. The van der Waals surface area contributed by atoms with Gasteiger partial charge < -0.3 is 14.9 Å². The van der Waals surface area contributed by atoms with Crippen LogP contribution in [-0.2, 0) is 9.09 Å². The van der Waals surface area contributed by atoms with E-state index < -0.39 is 13.2 Å². The summed E-state index contributed by atoms with van der Waals surface area (Å²) in [6.07, 6.45) is 0. The molecule has 7 nitrogen and oxygen atoms in total. The van der Waals surface area contributed by atoms with Crippen molar-refractivity contribution in [2.45, 2.75) is 47.2 Å². The van der Waals surface area contributed by atoms with E-state index in [0.717, 1.165) is 28.1 Å². The first kappa shape index (κ1) is 22.3. The van der Waals surface area contributed by atoms with Crippen LogP contribution in [0.5, 0.6) is 5.75 Å². The summed E-state index contributed by atoms with van der Waals surface area (Å²) in [7, 11) is -3.22. The Kier molecular flexibility index (Phi) is 7.58. The van der Waals surface area contributed by atoms with Crippen LogP contribution in [-0.4, -0.2) is 34.8 Å². The number of aromatic nitrogens is 2. The fraction of sp³-hybridized carbons (Fsp3) is 0.500. The van der Waals surface area contributed by atoms with E-state index in [-0.39, 0.29) is 5.75 Å². The molecule has 3 N–H and O–H groups in total. The first-order valence-electron chi connectivity index (χ1n) is 9.55. The summed E-state index contributed by atoms with van der Waals surface area (Å²) in [6, 6.07) is 5.62. The summed E-state index contributed by atoms with van der Waals surface area (Å²) in [5.41, 5.74) is 3.58. The van der Waals surface area contributed by atoms with Crippen LogP contribution in [0, 0.1) is 27.7 Å². The number of aryl methyl sites for hydroxylation is 4. The van der Waals surface area contributed by atoms with Gasteiger partial charge in [0, 0.05) is 24.5 Å². The lowest BCUT2D eigenvalue weighted by molar-refractivity contribution is 0.318. The highest BCUT2D eigenvalue weighted by Gasteiger charge is 2.35. The molecular formula is C20H31N4O3P. The van der Waals surface area contributed by atoms with Crippen molar-refractivity contribution < 1.29 is 14.2 Å². The van der Waals surface area contributed by atoms with Crippen LogP contribution in [0.15, 0.2) is 18.2 Å². The molecule has 0 aliphatic rings. The molecule has 2 atom stereocenters. The fourth-order valence-corrected chi connectivity index (χ4v) is 5.46. The number of hydrogen-bond acceptors (Lipinski definition) is 6. The SMILES string of the molecule is CCNP(=O)(OCC)C(CNc1nc(C)cc(C)n1)c1cc(C)c(O)c(C)c1. The maximum Gasteiger partial charge on any atom is 0.278 e. The Morgan fingerprint density at radius 2 is 1.64 bits per heavy atom. The molecule has 0 amide bonds. The molecule has 0 aliphatic heterocycles. The normalized spacial score (nSPS) is 14.5. The van der Waals surface area contributed by atoms with Crippen molar-refractivity contribution in [3.05, 3.63) is 46.3 Å². The Balaban J connectivity index is 2.44. The zero-order valence-corrected chi connectivity index (χ0v) is 18.4. The average Bonchev–Trinajstić information content (AvgIpc) is 2.59. The van der Waals surface area contributed by atoms with Gasteiger partial charge in [0.1, 0.15) is 5.75 Å². The Labute approximate surface area is 167 Å². The van der Waals surface area contributed by atoms with Gasteiger partial charge in [0.15, 0.2) is 0 Å². The molecular weight excluding hydrogens is 375 g/mol. The molecule has 2 aromatic rings. The third-order valence-electron chi connectivity index (χ3n) is 4.44. The lowest BCUT2D eigenvalue weighted by Gasteiger charge is -2.29. The molecule has 0 saturated carbocycles. The molecule has 1 aromatic carbocycles. The molecule has 2 rings (SSSR count).